The third-order valence-corrected chi connectivity index (χ3v) is 8.65. The maximum atomic E-state index is 2.40. The van der Waals surface area contributed by atoms with Crippen molar-refractivity contribution < 1.29 is 0 Å². The molecule has 0 heterocycles. The van der Waals surface area contributed by atoms with Crippen molar-refractivity contribution in [2.75, 3.05) is 0 Å². The molecule has 0 bridgehead atoms. The zero-order valence-corrected chi connectivity index (χ0v) is 24.3. The predicted octanol–water partition coefficient (Wildman–Crippen LogP) is 12.3. The highest BCUT2D eigenvalue weighted by molar-refractivity contribution is 6.22. The van der Waals surface area contributed by atoms with Crippen molar-refractivity contribution in [1.82, 2.24) is 0 Å². The molecule has 0 heteroatoms. The first kappa shape index (κ1) is 25.9. The van der Waals surface area contributed by atoms with E-state index in [0.717, 1.165) is 0 Å². The summed E-state index contributed by atoms with van der Waals surface area (Å²) in [5.74, 6) is 0. The molecule has 0 atom stereocenters. The zero-order valence-electron chi connectivity index (χ0n) is 24.3. The summed E-state index contributed by atoms with van der Waals surface area (Å²) in [6.45, 7) is 0. The number of fused-ring (bicyclic) bond motifs is 2. The van der Waals surface area contributed by atoms with Gasteiger partial charge < -0.3 is 0 Å². The number of hydrogen-bond donors (Lipinski definition) is 0. The average molecular weight is 559 g/mol. The molecular formula is C44H30. The van der Waals surface area contributed by atoms with Gasteiger partial charge in [-0.1, -0.05) is 164 Å². The SMILES string of the molecule is c1ccc(-c2cccc(-c3c4ccc(-c5ccccc5)cc4c(-c4ccccc4)c4ccc(-c5ccccc5)cc34)c2)cc1. The lowest BCUT2D eigenvalue weighted by molar-refractivity contribution is 1.60. The fraction of sp³-hybridized carbons (Fsp3) is 0. The Morgan fingerprint density at radius 2 is 0.523 bits per heavy atom. The van der Waals surface area contributed by atoms with Gasteiger partial charge in [0.05, 0.1) is 0 Å². The minimum Gasteiger partial charge on any atom is -0.0622 e. The van der Waals surface area contributed by atoms with Crippen molar-refractivity contribution in [3.63, 3.8) is 0 Å². The van der Waals surface area contributed by atoms with Crippen molar-refractivity contribution in [3.05, 3.63) is 182 Å². The highest BCUT2D eigenvalue weighted by Crippen LogP contribution is 2.46. The largest absolute Gasteiger partial charge is 0.0622 e. The van der Waals surface area contributed by atoms with Gasteiger partial charge in [0.25, 0.3) is 0 Å². The summed E-state index contributed by atoms with van der Waals surface area (Å²) < 4.78 is 0. The van der Waals surface area contributed by atoms with Gasteiger partial charge in [0, 0.05) is 0 Å². The van der Waals surface area contributed by atoms with Crippen LogP contribution < -0.4 is 0 Å². The van der Waals surface area contributed by atoms with Gasteiger partial charge >= 0.3 is 0 Å². The first-order valence-corrected chi connectivity index (χ1v) is 15.2. The van der Waals surface area contributed by atoms with Gasteiger partial charge in [0.1, 0.15) is 0 Å². The van der Waals surface area contributed by atoms with Crippen LogP contribution in [0.2, 0.25) is 0 Å². The van der Waals surface area contributed by atoms with Gasteiger partial charge in [0.2, 0.25) is 0 Å². The average Bonchev–Trinajstić information content (AvgIpc) is 3.11. The molecule has 0 aliphatic carbocycles. The van der Waals surface area contributed by atoms with E-state index in [1.807, 2.05) is 0 Å². The Hall–Kier alpha value is -5.72. The van der Waals surface area contributed by atoms with Crippen molar-refractivity contribution in [1.29, 1.82) is 0 Å². The molecule has 0 aliphatic rings. The molecule has 0 aliphatic heterocycles. The number of benzene rings is 8. The van der Waals surface area contributed by atoms with Gasteiger partial charge in [-0.3, -0.25) is 0 Å². The molecule has 0 saturated carbocycles. The number of rotatable bonds is 5. The van der Waals surface area contributed by atoms with Crippen LogP contribution in [0.4, 0.5) is 0 Å². The van der Waals surface area contributed by atoms with E-state index in [-0.39, 0.29) is 0 Å². The Morgan fingerprint density at radius 3 is 0.977 bits per heavy atom. The summed E-state index contributed by atoms with van der Waals surface area (Å²) in [7, 11) is 0. The third-order valence-electron chi connectivity index (χ3n) is 8.65. The molecule has 0 saturated heterocycles. The van der Waals surface area contributed by atoms with E-state index in [0.29, 0.717) is 0 Å². The molecule has 0 amide bonds. The Labute approximate surface area is 258 Å². The molecule has 0 spiro atoms. The first-order valence-electron chi connectivity index (χ1n) is 15.2. The van der Waals surface area contributed by atoms with Crippen LogP contribution in [-0.4, -0.2) is 0 Å². The number of hydrogen-bond acceptors (Lipinski definition) is 0. The van der Waals surface area contributed by atoms with Gasteiger partial charge in [-0.25, -0.2) is 0 Å². The van der Waals surface area contributed by atoms with E-state index in [9.17, 15) is 0 Å². The van der Waals surface area contributed by atoms with Crippen LogP contribution in [0.15, 0.2) is 182 Å². The lowest BCUT2D eigenvalue weighted by atomic mass is 9.83. The van der Waals surface area contributed by atoms with Crippen LogP contribution >= 0.6 is 0 Å². The lowest BCUT2D eigenvalue weighted by Crippen LogP contribution is -1.93. The van der Waals surface area contributed by atoms with Crippen LogP contribution in [0.5, 0.6) is 0 Å². The van der Waals surface area contributed by atoms with Crippen molar-refractivity contribution in [2.45, 2.75) is 0 Å². The lowest BCUT2D eigenvalue weighted by Gasteiger charge is -2.20. The monoisotopic (exact) mass is 558 g/mol. The van der Waals surface area contributed by atoms with Crippen LogP contribution in [0, 0.1) is 0 Å². The van der Waals surface area contributed by atoms with Crippen molar-refractivity contribution in [2.24, 2.45) is 0 Å². The van der Waals surface area contributed by atoms with Gasteiger partial charge in [-0.05, 0) is 95.4 Å². The van der Waals surface area contributed by atoms with Crippen LogP contribution in [0.3, 0.4) is 0 Å². The maximum absolute atomic E-state index is 2.40. The minimum absolute atomic E-state index is 1.22. The quantitative estimate of drug-likeness (QED) is 0.184. The summed E-state index contributed by atoms with van der Waals surface area (Å²) in [4.78, 5) is 0. The minimum atomic E-state index is 1.22. The first-order chi connectivity index (χ1) is 21.8. The molecule has 0 aromatic heterocycles. The van der Waals surface area contributed by atoms with Crippen molar-refractivity contribution in [3.8, 4) is 55.6 Å². The normalized spacial score (nSPS) is 11.2. The Bertz CT molecular complexity index is 2230. The van der Waals surface area contributed by atoms with Crippen LogP contribution in [-0.2, 0) is 0 Å². The van der Waals surface area contributed by atoms with E-state index in [4.69, 9.17) is 0 Å². The molecule has 0 N–H and O–H groups in total. The van der Waals surface area contributed by atoms with Gasteiger partial charge in [-0.2, -0.15) is 0 Å². The Kier molecular flexibility index (Phi) is 6.59. The van der Waals surface area contributed by atoms with Crippen molar-refractivity contribution >= 4 is 21.5 Å². The second-order valence-corrected chi connectivity index (χ2v) is 11.3. The molecule has 0 radical (unpaired) electrons. The topological polar surface area (TPSA) is 0 Å². The Balaban J connectivity index is 1.50. The summed E-state index contributed by atoms with van der Waals surface area (Å²) in [6, 6.07) is 66.0. The Morgan fingerprint density at radius 1 is 0.182 bits per heavy atom. The summed E-state index contributed by atoms with van der Waals surface area (Å²) >= 11 is 0. The molecule has 0 unspecified atom stereocenters. The van der Waals surface area contributed by atoms with Gasteiger partial charge in [0.15, 0.2) is 0 Å². The van der Waals surface area contributed by atoms with E-state index in [1.54, 1.807) is 0 Å². The molecule has 206 valence electrons. The van der Waals surface area contributed by atoms with E-state index < -0.39 is 0 Å². The van der Waals surface area contributed by atoms with E-state index in [1.165, 1.54) is 77.2 Å². The molecule has 0 nitrogen and oxygen atoms in total. The summed E-state index contributed by atoms with van der Waals surface area (Å²) in [6.07, 6.45) is 0. The molecule has 44 heavy (non-hydrogen) atoms. The van der Waals surface area contributed by atoms with Gasteiger partial charge in [-0.15, -0.1) is 0 Å². The third kappa shape index (κ3) is 4.68. The second-order valence-electron chi connectivity index (χ2n) is 11.3. The fourth-order valence-electron chi connectivity index (χ4n) is 6.56. The smallest absolute Gasteiger partial charge is 0.00259 e. The zero-order chi connectivity index (χ0) is 29.3. The predicted molar refractivity (Wildman–Crippen MR) is 189 cm³/mol. The van der Waals surface area contributed by atoms with E-state index in [2.05, 4.69) is 182 Å². The highest BCUT2D eigenvalue weighted by Gasteiger charge is 2.19. The summed E-state index contributed by atoms with van der Waals surface area (Å²) in [5, 5.41) is 5.04. The molecule has 0 fully saturated rings. The highest BCUT2D eigenvalue weighted by atomic mass is 14.2. The second kappa shape index (κ2) is 11.2. The van der Waals surface area contributed by atoms with Crippen LogP contribution in [0.25, 0.3) is 77.2 Å². The standard InChI is InChI=1S/C44H30/c1-5-14-31(15-6-1)35-22-13-23-38(28-35)44-40-27-25-36(32-16-7-2-8-17-32)29-41(40)43(34-20-11-4-12-21-34)39-26-24-37(30-42(39)44)33-18-9-3-10-19-33/h1-30H. The van der Waals surface area contributed by atoms with Crippen LogP contribution in [0.1, 0.15) is 0 Å². The molecular weight excluding hydrogens is 528 g/mol. The molecule has 8 aromatic rings. The molecule has 8 rings (SSSR count). The fourth-order valence-corrected chi connectivity index (χ4v) is 6.56. The summed E-state index contributed by atoms with van der Waals surface area (Å²) in [5.41, 5.74) is 12.3. The molecule has 8 aromatic carbocycles. The van der Waals surface area contributed by atoms with E-state index >= 15 is 0 Å². The maximum Gasteiger partial charge on any atom is -0.00259 e.